The number of likely N-dealkylation sites (tertiary alicyclic amines) is 1. The number of fused-ring (bicyclic) bond motifs is 1. The smallest absolute Gasteiger partial charge is 0.257 e. The Morgan fingerprint density at radius 3 is 2.67 bits per heavy atom. The molecule has 0 radical (unpaired) electrons. The Balaban J connectivity index is 1.92. The van der Waals surface area contributed by atoms with Crippen molar-refractivity contribution in [2.24, 2.45) is 5.92 Å². The minimum atomic E-state index is -0.156. The zero-order valence-electron chi connectivity index (χ0n) is 11.8. The summed E-state index contributed by atoms with van der Waals surface area (Å²) in [5.41, 5.74) is 0.340. The fraction of sp³-hybridized carbons (Fsp3) is 0.353. The van der Waals surface area contributed by atoms with E-state index in [2.05, 4.69) is 0 Å². The number of nitrogens with zero attached hydrogens (tertiary/aromatic N) is 1. The molecule has 1 heterocycles. The highest BCUT2D eigenvalue weighted by Gasteiger charge is 2.25. The van der Waals surface area contributed by atoms with Gasteiger partial charge in [0.25, 0.3) is 5.91 Å². The van der Waals surface area contributed by atoms with Crippen molar-refractivity contribution < 1.29 is 15.0 Å². The molecule has 0 aromatic heterocycles. The third-order valence-corrected chi connectivity index (χ3v) is 4.16. The van der Waals surface area contributed by atoms with Crippen LogP contribution in [0.4, 0.5) is 0 Å². The molecule has 4 nitrogen and oxygen atoms in total. The molecular formula is C17H19NO3. The summed E-state index contributed by atoms with van der Waals surface area (Å²) in [6.07, 6.45) is 1.84. The summed E-state index contributed by atoms with van der Waals surface area (Å²) in [4.78, 5) is 14.3. The molecule has 3 rings (SSSR count). The molecule has 0 spiro atoms. The van der Waals surface area contributed by atoms with Crippen LogP contribution in [0.25, 0.3) is 10.8 Å². The van der Waals surface area contributed by atoms with E-state index in [1.54, 1.807) is 17.0 Å². The van der Waals surface area contributed by atoms with Crippen LogP contribution in [0.3, 0.4) is 0 Å². The van der Waals surface area contributed by atoms with E-state index >= 15 is 0 Å². The van der Waals surface area contributed by atoms with Crippen molar-refractivity contribution in [1.82, 2.24) is 4.90 Å². The highest BCUT2D eigenvalue weighted by molar-refractivity contribution is 6.01. The van der Waals surface area contributed by atoms with E-state index in [0.717, 1.165) is 23.6 Å². The summed E-state index contributed by atoms with van der Waals surface area (Å²) >= 11 is 0. The Hall–Kier alpha value is -2.07. The minimum absolute atomic E-state index is 0.0184. The SMILES string of the molecule is O=C(c1cc2ccccc2cc1O)N1CCCC(CO)C1. The molecule has 2 N–H and O–H groups in total. The van der Waals surface area contributed by atoms with Gasteiger partial charge in [0.15, 0.2) is 0 Å². The number of hydrogen-bond acceptors (Lipinski definition) is 3. The molecule has 110 valence electrons. The highest BCUT2D eigenvalue weighted by Crippen LogP contribution is 2.27. The second kappa shape index (κ2) is 5.74. The monoisotopic (exact) mass is 285 g/mol. The number of rotatable bonds is 2. The molecule has 1 aliphatic heterocycles. The van der Waals surface area contributed by atoms with Gasteiger partial charge in [-0.1, -0.05) is 24.3 Å². The van der Waals surface area contributed by atoms with Crippen LogP contribution < -0.4 is 0 Å². The summed E-state index contributed by atoms with van der Waals surface area (Å²) in [5.74, 6) is 0.00604. The van der Waals surface area contributed by atoms with Gasteiger partial charge in [0.1, 0.15) is 5.75 Å². The largest absolute Gasteiger partial charge is 0.507 e. The average molecular weight is 285 g/mol. The summed E-state index contributed by atoms with van der Waals surface area (Å²) < 4.78 is 0. The number of phenols is 1. The summed E-state index contributed by atoms with van der Waals surface area (Å²) in [7, 11) is 0. The van der Waals surface area contributed by atoms with E-state index in [9.17, 15) is 15.0 Å². The summed E-state index contributed by atoms with van der Waals surface area (Å²) in [5, 5.41) is 21.3. The van der Waals surface area contributed by atoms with Gasteiger partial charge in [-0.3, -0.25) is 4.79 Å². The highest BCUT2D eigenvalue weighted by atomic mass is 16.3. The van der Waals surface area contributed by atoms with Crippen LogP contribution >= 0.6 is 0 Å². The Morgan fingerprint density at radius 2 is 1.95 bits per heavy atom. The molecule has 0 bridgehead atoms. The van der Waals surface area contributed by atoms with E-state index in [1.807, 2.05) is 24.3 Å². The lowest BCUT2D eigenvalue weighted by Gasteiger charge is -2.32. The topological polar surface area (TPSA) is 60.8 Å². The first kappa shape index (κ1) is 13.9. The zero-order chi connectivity index (χ0) is 14.8. The number of phenolic OH excluding ortho intramolecular Hbond substituents is 1. The lowest BCUT2D eigenvalue weighted by molar-refractivity contribution is 0.0618. The lowest BCUT2D eigenvalue weighted by atomic mass is 9.97. The first-order valence-electron chi connectivity index (χ1n) is 7.31. The van der Waals surface area contributed by atoms with Crippen molar-refractivity contribution in [2.45, 2.75) is 12.8 Å². The molecule has 0 aliphatic carbocycles. The van der Waals surface area contributed by atoms with Crippen molar-refractivity contribution in [1.29, 1.82) is 0 Å². The molecule has 0 saturated carbocycles. The minimum Gasteiger partial charge on any atom is -0.507 e. The third kappa shape index (κ3) is 2.72. The van der Waals surface area contributed by atoms with Gasteiger partial charge in [-0.2, -0.15) is 0 Å². The van der Waals surface area contributed by atoms with Crippen LogP contribution in [0.5, 0.6) is 5.75 Å². The molecule has 1 atom stereocenters. The number of carbonyl (C=O) groups excluding carboxylic acids is 1. The molecule has 4 heteroatoms. The van der Waals surface area contributed by atoms with Crippen molar-refractivity contribution in [3.05, 3.63) is 42.0 Å². The van der Waals surface area contributed by atoms with E-state index in [4.69, 9.17) is 0 Å². The fourth-order valence-electron chi connectivity index (χ4n) is 2.97. The first-order chi connectivity index (χ1) is 10.2. The Labute approximate surface area is 123 Å². The van der Waals surface area contributed by atoms with Gasteiger partial charge in [0, 0.05) is 19.7 Å². The lowest BCUT2D eigenvalue weighted by Crippen LogP contribution is -2.40. The molecule has 1 fully saturated rings. The van der Waals surface area contributed by atoms with Crippen LogP contribution in [0.1, 0.15) is 23.2 Å². The molecule has 21 heavy (non-hydrogen) atoms. The van der Waals surface area contributed by atoms with Crippen LogP contribution in [-0.2, 0) is 0 Å². The summed E-state index contributed by atoms with van der Waals surface area (Å²) in [6.45, 7) is 1.34. The van der Waals surface area contributed by atoms with E-state index in [0.29, 0.717) is 18.7 Å². The van der Waals surface area contributed by atoms with E-state index in [1.165, 1.54) is 0 Å². The van der Waals surface area contributed by atoms with Crippen molar-refractivity contribution in [2.75, 3.05) is 19.7 Å². The average Bonchev–Trinajstić information content (AvgIpc) is 2.53. The number of aromatic hydroxyl groups is 1. The summed E-state index contributed by atoms with van der Waals surface area (Å²) in [6, 6.07) is 11.0. The van der Waals surface area contributed by atoms with Crippen molar-refractivity contribution in [3.8, 4) is 5.75 Å². The number of amides is 1. The predicted octanol–water partition coefficient (Wildman–Crippen LogP) is 2.39. The quantitative estimate of drug-likeness (QED) is 0.890. The fourth-order valence-corrected chi connectivity index (χ4v) is 2.97. The van der Waals surface area contributed by atoms with Crippen LogP contribution in [0, 0.1) is 5.92 Å². The number of benzene rings is 2. The Kier molecular flexibility index (Phi) is 3.80. The molecule has 2 aromatic rings. The zero-order valence-corrected chi connectivity index (χ0v) is 11.8. The predicted molar refractivity (Wildman–Crippen MR) is 81.3 cm³/mol. The maximum Gasteiger partial charge on any atom is 0.257 e. The van der Waals surface area contributed by atoms with E-state index in [-0.39, 0.29) is 24.2 Å². The number of aliphatic hydroxyl groups excluding tert-OH is 1. The van der Waals surface area contributed by atoms with Crippen molar-refractivity contribution >= 4 is 16.7 Å². The third-order valence-electron chi connectivity index (χ3n) is 4.16. The maximum absolute atomic E-state index is 12.6. The van der Waals surface area contributed by atoms with E-state index < -0.39 is 0 Å². The van der Waals surface area contributed by atoms with Crippen LogP contribution in [0.2, 0.25) is 0 Å². The molecule has 2 aromatic carbocycles. The molecule has 1 unspecified atom stereocenters. The number of piperidine rings is 1. The van der Waals surface area contributed by atoms with Gasteiger partial charge < -0.3 is 15.1 Å². The first-order valence-corrected chi connectivity index (χ1v) is 7.31. The molecule has 1 amide bonds. The van der Waals surface area contributed by atoms with Crippen molar-refractivity contribution in [3.63, 3.8) is 0 Å². The normalized spacial score (nSPS) is 18.9. The van der Waals surface area contributed by atoms with Gasteiger partial charge in [-0.15, -0.1) is 0 Å². The van der Waals surface area contributed by atoms with Gasteiger partial charge in [0.05, 0.1) is 5.56 Å². The second-order valence-corrected chi connectivity index (χ2v) is 5.66. The van der Waals surface area contributed by atoms with Crippen LogP contribution in [0.15, 0.2) is 36.4 Å². The van der Waals surface area contributed by atoms with Gasteiger partial charge in [-0.05, 0) is 41.7 Å². The Bertz CT molecular complexity index is 668. The van der Waals surface area contributed by atoms with Gasteiger partial charge >= 0.3 is 0 Å². The maximum atomic E-state index is 12.6. The molecule has 1 saturated heterocycles. The molecular weight excluding hydrogens is 266 g/mol. The number of aliphatic hydroxyl groups is 1. The number of carbonyl (C=O) groups is 1. The Morgan fingerprint density at radius 1 is 1.24 bits per heavy atom. The van der Waals surface area contributed by atoms with Gasteiger partial charge in [0.2, 0.25) is 0 Å². The molecule has 1 aliphatic rings. The van der Waals surface area contributed by atoms with Crippen LogP contribution in [-0.4, -0.2) is 40.7 Å². The van der Waals surface area contributed by atoms with Gasteiger partial charge in [-0.25, -0.2) is 0 Å². The number of hydrogen-bond donors (Lipinski definition) is 2. The standard InChI is InChI=1S/C17H19NO3/c19-11-12-4-3-7-18(10-12)17(21)15-8-13-5-1-2-6-14(13)9-16(15)20/h1-2,5-6,8-9,12,19-20H,3-4,7,10-11H2. The second-order valence-electron chi connectivity index (χ2n) is 5.66.